The van der Waals surface area contributed by atoms with Crippen LogP contribution in [0.3, 0.4) is 0 Å². The fraction of sp³-hybridized carbons (Fsp3) is 0.462. The number of esters is 1. The highest BCUT2D eigenvalue weighted by Gasteiger charge is 2.24. The van der Waals surface area contributed by atoms with Crippen molar-refractivity contribution in [1.29, 1.82) is 0 Å². The van der Waals surface area contributed by atoms with Crippen molar-refractivity contribution in [2.45, 2.75) is 32.7 Å². The molecular weight excluding hydrogens is 216 g/mol. The fourth-order valence-corrected chi connectivity index (χ4v) is 1.84. The molecule has 1 aliphatic heterocycles. The molecule has 0 radical (unpaired) electrons. The lowest BCUT2D eigenvalue weighted by Crippen LogP contribution is -2.34. The number of anilines is 2. The largest absolute Gasteiger partial charge is 0.467 e. The van der Waals surface area contributed by atoms with Gasteiger partial charge < -0.3 is 15.8 Å². The van der Waals surface area contributed by atoms with Crippen LogP contribution in [0.2, 0.25) is 0 Å². The van der Waals surface area contributed by atoms with E-state index in [-0.39, 0.29) is 12.0 Å². The number of rotatable bonds is 1. The number of fused-ring (bicyclic) bond motifs is 1. The number of nitrogens with one attached hydrogen (secondary N) is 1. The predicted octanol–water partition coefficient (Wildman–Crippen LogP) is 2.19. The summed E-state index contributed by atoms with van der Waals surface area (Å²) in [5.41, 5.74) is 8.58. The standard InChI is InChI=1S/C11H14N2O2.C2H6/c1-15-11(14)10-4-2-7-6-8(12)3-5-9(7)13-10;1-2/h3,5-6,10,13H,2,4,12H2,1H3;1-2H3. The Morgan fingerprint density at radius 3 is 2.82 bits per heavy atom. The lowest BCUT2D eigenvalue weighted by Gasteiger charge is -2.25. The maximum atomic E-state index is 11.3. The van der Waals surface area contributed by atoms with Crippen molar-refractivity contribution in [2.75, 3.05) is 18.2 Å². The molecule has 0 aliphatic carbocycles. The molecule has 94 valence electrons. The molecule has 1 aromatic carbocycles. The van der Waals surface area contributed by atoms with Crippen molar-refractivity contribution in [3.05, 3.63) is 23.8 Å². The van der Waals surface area contributed by atoms with Gasteiger partial charge in [0, 0.05) is 11.4 Å². The minimum absolute atomic E-state index is 0.211. The van der Waals surface area contributed by atoms with Crippen LogP contribution in [0.1, 0.15) is 25.8 Å². The molecule has 1 unspecified atom stereocenters. The number of carbonyl (C=O) groups excluding carboxylic acids is 1. The summed E-state index contributed by atoms with van der Waals surface area (Å²) in [7, 11) is 1.41. The van der Waals surface area contributed by atoms with Gasteiger partial charge in [0.2, 0.25) is 0 Å². The molecule has 0 saturated carbocycles. The molecule has 1 atom stereocenters. The highest BCUT2D eigenvalue weighted by molar-refractivity contribution is 5.80. The molecular formula is C13H20N2O2. The highest BCUT2D eigenvalue weighted by atomic mass is 16.5. The Morgan fingerprint density at radius 2 is 2.18 bits per heavy atom. The first-order valence-corrected chi connectivity index (χ1v) is 5.93. The molecule has 0 fully saturated rings. The topological polar surface area (TPSA) is 64.3 Å². The summed E-state index contributed by atoms with van der Waals surface area (Å²) in [5, 5.41) is 3.14. The van der Waals surface area contributed by atoms with Crippen molar-refractivity contribution < 1.29 is 9.53 Å². The molecule has 0 spiro atoms. The molecule has 4 heteroatoms. The zero-order valence-corrected chi connectivity index (χ0v) is 10.6. The summed E-state index contributed by atoms with van der Waals surface area (Å²) >= 11 is 0. The summed E-state index contributed by atoms with van der Waals surface area (Å²) in [5.74, 6) is -0.211. The van der Waals surface area contributed by atoms with Crippen LogP contribution in [-0.2, 0) is 16.0 Å². The van der Waals surface area contributed by atoms with E-state index in [1.165, 1.54) is 7.11 Å². The van der Waals surface area contributed by atoms with Gasteiger partial charge in [-0.25, -0.2) is 4.79 Å². The van der Waals surface area contributed by atoms with E-state index in [4.69, 9.17) is 10.5 Å². The molecule has 0 amide bonds. The zero-order valence-electron chi connectivity index (χ0n) is 10.6. The van der Waals surface area contributed by atoms with E-state index in [0.717, 1.165) is 29.8 Å². The highest BCUT2D eigenvalue weighted by Crippen LogP contribution is 2.26. The second kappa shape index (κ2) is 6.13. The Balaban J connectivity index is 0.000000686. The second-order valence-electron chi connectivity index (χ2n) is 3.68. The Kier molecular flexibility index (Phi) is 4.82. The van der Waals surface area contributed by atoms with E-state index < -0.39 is 0 Å². The molecule has 0 bridgehead atoms. The van der Waals surface area contributed by atoms with Gasteiger partial charge in [-0.1, -0.05) is 13.8 Å². The maximum Gasteiger partial charge on any atom is 0.328 e. The summed E-state index contributed by atoms with van der Waals surface area (Å²) in [6.45, 7) is 4.00. The lowest BCUT2D eigenvalue weighted by atomic mass is 9.98. The van der Waals surface area contributed by atoms with Crippen molar-refractivity contribution in [3.8, 4) is 0 Å². The van der Waals surface area contributed by atoms with E-state index in [1.54, 1.807) is 0 Å². The van der Waals surface area contributed by atoms with E-state index in [9.17, 15) is 4.79 Å². The fourth-order valence-electron chi connectivity index (χ4n) is 1.84. The van der Waals surface area contributed by atoms with Crippen LogP contribution in [0.4, 0.5) is 11.4 Å². The molecule has 1 heterocycles. The lowest BCUT2D eigenvalue weighted by molar-refractivity contribution is -0.141. The molecule has 0 saturated heterocycles. The van der Waals surface area contributed by atoms with Gasteiger partial charge in [-0.05, 0) is 36.6 Å². The number of aryl methyl sites for hydroxylation is 1. The van der Waals surface area contributed by atoms with Crippen LogP contribution in [0.15, 0.2) is 18.2 Å². The Hall–Kier alpha value is -1.71. The second-order valence-corrected chi connectivity index (χ2v) is 3.68. The quantitative estimate of drug-likeness (QED) is 0.579. The van der Waals surface area contributed by atoms with Gasteiger partial charge in [-0.2, -0.15) is 0 Å². The van der Waals surface area contributed by atoms with Crippen molar-refractivity contribution in [3.63, 3.8) is 0 Å². The SMILES string of the molecule is CC.COC(=O)C1CCc2cc(N)ccc2N1. The minimum Gasteiger partial charge on any atom is -0.467 e. The predicted molar refractivity (Wildman–Crippen MR) is 70.0 cm³/mol. The number of nitrogens with two attached hydrogens (primary N) is 1. The van der Waals surface area contributed by atoms with E-state index in [2.05, 4.69) is 5.32 Å². The first kappa shape index (κ1) is 13.4. The molecule has 3 N–H and O–H groups in total. The molecule has 2 rings (SSSR count). The van der Waals surface area contributed by atoms with E-state index >= 15 is 0 Å². The number of nitrogen functional groups attached to an aromatic ring is 1. The molecule has 17 heavy (non-hydrogen) atoms. The first-order chi connectivity index (χ1) is 8.20. The van der Waals surface area contributed by atoms with Crippen LogP contribution >= 0.6 is 0 Å². The van der Waals surface area contributed by atoms with Crippen LogP contribution in [0.25, 0.3) is 0 Å². The van der Waals surface area contributed by atoms with Crippen molar-refractivity contribution >= 4 is 17.3 Å². The summed E-state index contributed by atoms with van der Waals surface area (Å²) in [6.07, 6.45) is 1.61. The summed E-state index contributed by atoms with van der Waals surface area (Å²) in [4.78, 5) is 11.3. The third kappa shape index (κ3) is 3.12. The number of hydrogen-bond acceptors (Lipinski definition) is 4. The third-order valence-corrected chi connectivity index (χ3v) is 2.65. The average Bonchev–Trinajstić information content (AvgIpc) is 2.39. The maximum absolute atomic E-state index is 11.3. The minimum atomic E-state index is -0.230. The number of carbonyl (C=O) groups is 1. The molecule has 1 aliphatic rings. The van der Waals surface area contributed by atoms with Crippen LogP contribution in [0.5, 0.6) is 0 Å². The van der Waals surface area contributed by atoms with Crippen LogP contribution in [-0.4, -0.2) is 19.1 Å². The average molecular weight is 236 g/mol. The molecule has 1 aromatic rings. The third-order valence-electron chi connectivity index (χ3n) is 2.65. The number of benzene rings is 1. The normalized spacial score (nSPS) is 17.0. The van der Waals surface area contributed by atoms with Gasteiger partial charge in [0.05, 0.1) is 7.11 Å². The van der Waals surface area contributed by atoms with Crippen LogP contribution in [0, 0.1) is 0 Å². The first-order valence-electron chi connectivity index (χ1n) is 5.93. The number of methoxy groups -OCH3 is 1. The van der Waals surface area contributed by atoms with Gasteiger partial charge in [0.15, 0.2) is 0 Å². The van der Waals surface area contributed by atoms with Gasteiger partial charge in [0.1, 0.15) is 6.04 Å². The van der Waals surface area contributed by atoms with Gasteiger partial charge >= 0.3 is 5.97 Å². The van der Waals surface area contributed by atoms with E-state index in [1.807, 2.05) is 32.0 Å². The molecule has 0 aromatic heterocycles. The molecule has 4 nitrogen and oxygen atoms in total. The smallest absolute Gasteiger partial charge is 0.328 e. The van der Waals surface area contributed by atoms with Gasteiger partial charge in [0.25, 0.3) is 0 Å². The Morgan fingerprint density at radius 1 is 1.47 bits per heavy atom. The summed E-state index contributed by atoms with van der Waals surface area (Å²) < 4.78 is 4.70. The Bertz CT molecular complexity index is 391. The number of hydrogen-bond donors (Lipinski definition) is 2. The monoisotopic (exact) mass is 236 g/mol. The Labute approximate surface area is 102 Å². The van der Waals surface area contributed by atoms with E-state index in [0.29, 0.717) is 0 Å². The van der Waals surface area contributed by atoms with Crippen LogP contribution < -0.4 is 11.1 Å². The van der Waals surface area contributed by atoms with Gasteiger partial charge in [-0.3, -0.25) is 0 Å². The zero-order chi connectivity index (χ0) is 12.8. The number of ether oxygens (including phenoxy) is 1. The van der Waals surface area contributed by atoms with Crippen molar-refractivity contribution in [1.82, 2.24) is 0 Å². The van der Waals surface area contributed by atoms with Crippen molar-refractivity contribution in [2.24, 2.45) is 0 Å². The summed E-state index contributed by atoms with van der Waals surface area (Å²) in [6, 6.07) is 5.44. The van der Waals surface area contributed by atoms with Gasteiger partial charge in [-0.15, -0.1) is 0 Å².